The van der Waals surface area contributed by atoms with Crippen molar-refractivity contribution in [1.82, 2.24) is 14.7 Å². The summed E-state index contributed by atoms with van der Waals surface area (Å²) in [4.78, 5) is 7.77. The van der Waals surface area contributed by atoms with Gasteiger partial charge in [0.2, 0.25) is 10.0 Å². The van der Waals surface area contributed by atoms with Crippen molar-refractivity contribution < 1.29 is 8.42 Å². The van der Waals surface area contributed by atoms with E-state index in [2.05, 4.69) is 14.7 Å². The molecule has 2 aromatic rings. The van der Waals surface area contributed by atoms with Crippen LogP contribution in [-0.4, -0.2) is 18.4 Å². The van der Waals surface area contributed by atoms with E-state index < -0.39 is 10.0 Å². The summed E-state index contributed by atoms with van der Waals surface area (Å²) in [5.74, 6) is 0. The Morgan fingerprint density at radius 3 is 2.95 bits per heavy atom. The van der Waals surface area contributed by atoms with E-state index in [9.17, 15) is 8.42 Å². The molecule has 98 valence electrons. The van der Waals surface area contributed by atoms with Crippen LogP contribution in [0.1, 0.15) is 16.4 Å². The van der Waals surface area contributed by atoms with Crippen molar-refractivity contribution in [3.05, 3.63) is 40.1 Å². The minimum Gasteiger partial charge on any atom is -0.245 e. The molecular formula is C11H10N4O2S2. The van der Waals surface area contributed by atoms with Gasteiger partial charge < -0.3 is 0 Å². The number of hydrogen-bond acceptors (Lipinski definition) is 6. The summed E-state index contributed by atoms with van der Waals surface area (Å²) in [6, 6.07) is 4.58. The Morgan fingerprint density at radius 1 is 1.53 bits per heavy atom. The van der Waals surface area contributed by atoms with Gasteiger partial charge >= 0.3 is 0 Å². The molecule has 2 aromatic heterocycles. The number of rotatable bonds is 4. The summed E-state index contributed by atoms with van der Waals surface area (Å²) in [5.41, 5.74) is 0.726. The molecule has 0 saturated carbocycles. The molecule has 2 rings (SSSR count). The number of sulfonamides is 1. The second-order valence-corrected chi connectivity index (χ2v) is 6.35. The fraction of sp³-hybridized carbons (Fsp3) is 0.182. The van der Waals surface area contributed by atoms with Gasteiger partial charge in [-0.15, -0.1) is 11.3 Å². The van der Waals surface area contributed by atoms with Crippen LogP contribution in [0.5, 0.6) is 0 Å². The first kappa shape index (κ1) is 13.6. The van der Waals surface area contributed by atoms with Crippen LogP contribution in [0.3, 0.4) is 0 Å². The fourth-order valence-corrected chi connectivity index (χ4v) is 3.31. The average Bonchev–Trinajstić information content (AvgIpc) is 2.82. The molecule has 0 unspecified atom stereocenters. The minimum atomic E-state index is -3.76. The Hall–Kier alpha value is -1.82. The molecule has 1 N–H and O–H groups in total. The maximum absolute atomic E-state index is 12.1. The van der Waals surface area contributed by atoms with Gasteiger partial charge in [0, 0.05) is 17.3 Å². The van der Waals surface area contributed by atoms with Crippen molar-refractivity contribution in [2.45, 2.75) is 18.4 Å². The first-order valence-electron chi connectivity index (χ1n) is 5.29. The van der Waals surface area contributed by atoms with Gasteiger partial charge in [-0.3, -0.25) is 0 Å². The third-order valence-electron chi connectivity index (χ3n) is 2.25. The normalized spacial score (nSPS) is 11.2. The maximum Gasteiger partial charge on any atom is 0.243 e. The lowest BCUT2D eigenvalue weighted by Crippen LogP contribution is -2.24. The van der Waals surface area contributed by atoms with Gasteiger partial charge in [-0.1, -0.05) is 0 Å². The summed E-state index contributed by atoms with van der Waals surface area (Å²) in [6.07, 6.45) is 1.38. The zero-order valence-electron chi connectivity index (χ0n) is 9.99. The van der Waals surface area contributed by atoms with Crippen molar-refractivity contribution in [3.63, 3.8) is 0 Å². The second kappa shape index (κ2) is 5.44. The first-order valence-corrected chi connectivity index (χ1v) is 7.65. The molecule has 0 aliphatic carbocycles. The monoisotopic (exact) mass is 294 g/mol. The zero-order valence-corrected chi connectivity index (χ0v) is 11.6. The lowest BCUT2D eigenvalue weighted by atomic mass is 10.4. The standard InChI is InChI=1S/C11H10N4O2S2/c1-8-7-18-11(15-8)6-14-19(16,17)10-3-2-4-13-9(10)5-12/h2-4,7,14H,6H2,1H3. The van der Waals surface area contributed by atoms with Gasteiger partial charge in [-0.05, 0) is 19.1 Å². The van der Waals surface area contributed by atoms with E-state index >= 15 is 0 Å². The highest BCUT2D eigenvalue weighted by molar-refractivity contribution is 7.89. The van der Waals surface area contributed by atoms with E-state index in [0.717, 1.165) is 5.69 Å². The highest BCUT2D eigenvalue weighted by atomic mass is 32.2. The van der Waals surface area contributed by atoms with Gasteiger partial charge in [-0.2, -0.15) is 5.26 Å². The molecule has 0 saturated heterocycles. The summed E-state index contributed by atoms with van der Waals surface area (Å²) in [5, 5.41) is 11.4. The molecule has 0 aliphatic heterocycles. The van der Waals surface area contributed by atoms with E-state index in [1.807, 2.05) is 12.3 Å². The number of nitrogens with one attached hydrogen (secondary N) is 1. The lowest BCUT2D eigenvalue weighted by Gasteiger charge is -2.05. The van der Waals surface area contributed by atoms with Crippen LogP contribution in [-0.2, 0) is 16.6 Å². The molecule has 8 heteroatoms. The van der Waals surface area contributed by atoms with Crippen LogP contribution in [0.25, 0.3) is 0 Å². The molecule has 0 amide bonds. The number of aryl methyl sites for hydroxylation is 1. The lowest BCUT2D eigenvalue weighted by molar-refractivity contribution is 0.580. The van der Waals surface area contributed by atoms with Gasteiger partial charge in [0.15, 0.2) is 5.69 Å². The number of aromatic nitrogens is 2. The van der Waals surface area contributed by atoms with Crippen molar-refractivity contribution in [1.29, 1.82) is 5.26 Å². The zero-order chi connectivity index (χ0) is 13.9. The van der Waals surface area contributed by atoms with Crippen molar-refractivity contribution in [2.75, 3.05) is 0 Å². The summed E-state index contributed by atoms with van der Waals surface area (Å²) in [7, 11) is -3.76. The maximum atomic E-state index is 12.1. The summed E-state index contributed by atoms with van der Waals surface area (Å²) < 4.78 is 26.5. The predicted molar refractivity (Wildman–Crippen MR) is 69.8 cm³/mol. The van der Waals surface area contributed by atoms with Crippen LogP contribution < -0.4 is 4.72 Å². The molecule has 2 heterocycles. The van der Waals surface area contributed by atoms with Crippen LogP contribution in [0.4, 0.5) is 0 Å². The average molecular weight is 294 g/mol. The number of pyridine rings is 1. The van der Waals surface area contributed by atoms with E-state index in [-0.39, 0.29) is 17.1 Å². The Labute approximate surface area is 114 Å². The van der Waals surface area contributed by atoms with Crippen LogP contribution >= 0.6 is 11.3 Å². The van der Waals surface area contributed by atoms with Gasteiger partial charge in [0.25, 0.3) is 0 Å². The van der Waals surface area contributed by atoms with Crippen molar-refractivity contribution in [3.8, 4) is 6.07 Å². The van der Waals surface area contributed by atoms with Crippen LogP contribution in [0, 0.1) is 18.3 Å². The molecule has 0 spiro atoms. The largest absolute Gasteiger partial charge is 0.245 e. The molecular weight excluding hydrogens is 284 g/mol. The number of nitrogens with zero attached hydrogens (tertiary/aromatic N) is 3. The molecule has 19 heavy (non-hydrogen) atoms. The molecule has 0 aliphatic rings. The number of hydrogen-bond donors (Lipinski definition) is 1. The number of nitriles is 1. The van der Waals surface area contributed by atoms with Crippen molar-refractivity contribution in [2.24, 2.45) is 0 Å². The molecule has 0 fully saturated rings. The van der Waals surface area contributed by atoms with Gasteiger partial charge in [-0.25, -0.2) is 23.1 Å². The first-order chi connectivity index (χ1) is 9.03. The molecule has 0 bridgehead atoms. The minimum absolute atomic E-state index is 0.0978. The predicted octanol–water partition coefficient (Wildman–Crippen LogP) is 1.20. The Bertz CT molecular complexity index is 731. The van der Waals surface area contributed by atoms with E-state index in [1.165, 1.54) is 29.7 Å². The Balaban J connectivity index is 2.21. The van der Waals surface area contributed by atoms with E-state index in [0.29, 0.717) is 5.01 Å². The third kappa shape index (κ3) is 3.14. The molecule has 0 aromatic carbocycles. The van der Waals surface area contributed by atoms with E-state index in [4.69, 9.17) is 5.26 Å². The Morgan fingerprint density at radius 2 is 2.32 bits per heavy atom. The molecule has 0 radical (unpaired) electrons. The molecule has 0 atom stereocenters. The van der Waals surface area contributed by atoms with Gasteiger partial charge in [0.05, 0.1) is 6.54 Å². The topological polar surface area (TPSA) is 95.7 Å². The summed E-state index contributed by atoms with van der Waals surface area (Å²) >= 11 is 1.38. The smallest absolute Gasteiger partial charge is 0.243 e. The highest BCUT2D eigenvalue weighted by Gasteiger charge is 2.19. The van der Waals surface area contributed by atoms with Crippen molar-refractivity contribution >= 4 is 21.4 Å². The van der Waals surface area contributed by atoms with Gasteiger partial charge in [0.1, 0.15) is 16.0 Å². The molecule has 6 nitrogen and oxygen atoms in total. The fourth-order valence-electron chi connectivity index (χ4n) is 1.41. The Kier molecular flexibility index (Phi) is 3.90. The second-order valence-electron chi connectivity index (χ2n) is 3.67. The SMILES string of the molecule is Cc1csc(CNS(=O)(=O)c2cccnc2C#N)n1. The number of thiazole rings is 1. The highest BCUT2D eigenvalue weighted by Crippen LogP contribution is 2.14. The van der Waals surface area contributed by atoms with E-state index in [1.54, 1.807) is 6.07 Å². The third-order valence-corrected chi connectivity index (χ3v) is 4.65. The van der Waals surface area contributed by atoms with Crippen LogP contribution in [0.15, 0.2) is 28.6 Å². The summed E-state index contributed by atoms with van der Waals surface area (Å²) in [6.45, 7) is 1.93. The quantitative estimate of drug-likeness (QED) is 0.914. The van der Waals surface area contributed by atoms with Crippen LogP contribution in [0.2, 0.25) is 0 Å².